The molecule has 0 spiro atoms. The van der Waals surface area contributed by atoms with Crippen LogP contribution in [0.4, 0.5) is 13.2 Å². The van der Waals surface area contributed by atoms with Crippen molar-refractivity contribution in [1.29, 1.82) is 0 Å². The number of halogens is 4. The van der Waals surface area contributed by atoms with Crippen LogP contribution in [-0.2, 0) is 13.2 Å². The molecular weight excluding hydrogens is 297 g/mol. The van der Waals surface area contributed by atoms with Crippen LogP contribution in [0.25, 0.3) is 11.3 Å². The lowest BCUT2D eigenvalue weighted by Crippen LogP contribution is -2.08. The second-order valence-electron chi connectivity index (χ2n) is 3.99. The van der Waals surface area contributed by atoms with E-state index in [1.807, 2.05) is 0 Å². The average molecular weight is 305 g/mol. The first kappa shape index (κ1) is 14.4. The van der Waals surface area contributed by atoms with E-state index in [1.54, 1.807) is 0 Å². The van der Waals surface area contributed by atoms with Gasteiger partial charge in [-0.25, -0.2) is 4.79 Å². The molecule has 2 aromatic rings. The monoisotopic (exact) mass is 304 g/mol. The Kier molecular flexibility index (Phi) is 3.47. The molecule has 0 unspecified atom stereocenters. The number of carboxylic acids is 1. The SMILES string of the molecule is Cn1nc(-c2ccccc2C(F)(F)F)c(C(=O)O)c1Cl. The van der Waals surface area contributed by atoms with Crippen LogP contribution in [-0.4, -0.2) is 20.9 Å². The number of rotatable bonds is 2. The van der Waals surface area contributed by atoms with Crippen LogP contribution in [0.1, 0.15) is 15.9 Å². The zero-order valence-electron chi connectivity index (χ0n) is 10.1. The van der Waals surface area contributed by atoms with E-state index in [0.717, 1.165) is 16.8 Å². The van der Waals surface area contributed by atoms with Gasteiger partial charge in [0, 0.05) is 12.6 Å². The topological polar surface area (TPSA) is 55.1 Å². The molecule has 1 heterocycles. The predicted molar refractivity (Wildman–Crippen MR) is 65.6 cm³/mol. The zero-order chi connectivity index (χ0) is 15.1. The summed E-state index contributed by atoms with van der Waals surface area (Å²) in [7, 11) is 1.36. The third-order valence-electron chi connectivity index (χ3n) is 2.68. The number of carboxylic acid groups (broad SMARTS) is 1. The van der Waals surface area contributed by atoms with Gasteiger partial charge >= 0.3 is 12.1 Å². The van der Waals surface area contributed by atoms with E-state index in [4.69, 9.17) is 16.7 Å². The fourth-order valence-electron chi connectivity index (χ4n) is 1.82. The van der Waals surface area contributed by atoms with E-state index in [2.05, 4.69) is 5.10 Å². The van der Waals surface area contributed by atoms with Crippen molar-refractivity contribution in [3.05, 3.63) is 40.5 Å². The average Bonchev–Trinajstić information content (AvgIpc) is 2.65. The van der Waals surface area contributed by atoms with Crippen molar-refractivity contribution in [2.75, 3.05) is 0 Å². The standard InChI is InChI=1S/C12H8ClF3N2O2/c1-18-10(13)8(11(19)20)9(17-18)6-4-2-3-5-7(6)12(14,15)16/h2-5H,1H3,(H,19,20). The van der Waals surface area contributed by atoms with Crippen LogP contribution in [0.5, 0.6) is 0 Å². The summed E-state index contributed by atoms with van der Waals surface area (Å²) in [5.41, 5.74) is -2.04. The maximum Gasteiger partial charge on any atom is 0.417 e. The summed E-state index contributed by atoms with van der Waals surface area (Å²) >= 11 is 5.76. The third kappa shape index (κ3) is 2.36. The van der Waals surface area contributed by atoms with E-state index >= 15 is 0 Å². The summed E-state index contributed by atoms with van der Waals surface area (Å²) in [6.07, 6.45) is -4.61. The summed E-state index contributed by atoms with van der Waals surface area (Å²) in [5, 5.41) is 12.6. The van der Waals surface area contributed by atoms with Gasteiger partial charge in [-0.3, -0.25) is 4.68 Å². The minimum atomic E-state index is -4.61. The lowest BCUT2D eigenvalue weighted by Gasteiger charge is -2.11. The number of nitrogens with zero attached hydrogens (tertiary/aromatic N) is 2. The first-order chi connectivity index (χ1) is 9.23. The van der Waals surface area contributed by atoms with Crippen molar-refractivity contribution in [2.24, 2.45) is 7.05 Å². The van der Waals surface area contributed by atoms with Crippen LogP contribution in [0.2, 0.25) is 5.15 Å². The van der Waals surface area contributed by atoms with Crippen molar-refractivity contribution in [2.45, 2.75) is 6.18 Å². The molecular formula is C12H8ClF3N2O2. The van der Waals surface area contributed by atoms with Gasteiger partial charge < -0.3 is 5.11 Å². The fraction of sp³-hybridized carbons (Fsp3) is 0.167. The van der Waals surface area contributed by atoms with Gasteiger partial charge in [-0.05, 0) is 6.07 Å². The largest absolute Gasteiger partial charge is 0.478 e. The van der Waals surface area contributed by atoms with Crippen molar-refractivity contribution < 1.29 is 23.1 Å². The first-order valence-electron chi connectivity index (χ1n) is 5.36. The molecule has 0 aliphatic rings. The lowest BCUT2D eigenvalue weighted by molar-refractivity contribution is -0.137. The second-order valence-corrected chi connectivity index (χ2v) is 4.34. The molecule has 0 saturated heterocycles. The Labute approximate surface area is 116 Å². The Morgan fingerprint density at radius 1 is 1.35 bits per heavy atom. The van der Waals surface area contributed by atoms with Gasteiger partial charge in [-0.1, -0.05) is 29.8 Å². The highest BCUT2D eigenvalue weighted by atomic mass is 35.5. The number of aryl methyl sites for hydroxylation is 1. The molecule has 1 aromatic heterocycles. The van der Waals surface area contributed by atoms with Gasteiger partial charge in [0.05, 0.1) is 5.56 Å². The molecule has 0 saturated carbocycles. The minimum Gasteiger partial charge on any atom is -0.478 e. The number of alkyl halides is 3. The van der Waals surface area contributed by atoms with E-state index in [1.165, 1.54) is 19.2 Å². The van der Waals surface area contributed by atoms with Gasteiger partial charge in [-0.15, -0.1) is 0 Å². The van der Waals surface area contributed by atoms with Crippen LogP contribution in [0.3, 0.4) is 0 Å². The molecule has 0 radical (unpaired) electrons. The Morgan fingerprint density at radius 2 is 1.95 bits per heavy atom. The molecule has 20 heavy (non-hydrogen) atoms. The van der Waals surface area contributed by atoms with Crippen LogP contribution >= 0.6 is 11.6 Å². The molecule has 1 aromatic carbocycles. The number of benzene rings is 1. The highest BCUT2D eigenvalue weighted by Crippen LogP contribution is 2.38. The minimum absolute atomic E-state index is 0.232. The van der Waals surface area contributed by atoms with Gasteiger partial charge in [0.25, 0.3) is 0 Å². The molecule has 1 N–H and O–H groups in total. The molecule has 106 valence electrons. The number of carbonyl (C=O) groups is 1. The quantitative estimate of drug-likeness (QED) is 0.924. The van der Waals surface area contributed by atoms with Crippen LogP contribution in [0.15, 0.2) is 24.3 Å². The van der Waals surface area contributed by atoms with Crippen molar-refractivity contribution >= 4 is 17.6 Å². The van der Waals surface area contributed by atoms with Crippen molar-refractivity contribution in [1.82, 2.24) is 9.78 Å². The first-order valence-corrected chi connectivity index (χ1v) is 5.73. The van der Waals surface area contributed by atoms with Gasteiger partial charge in [-0.2, -0.15) is 18.3 Å². The Bertz CT molecular complexity index is 680. The summed E-state index contributed by atoms with van der Waals surface area (Å²) in [4.78, 5) is 11.2. The third-order valence-corrected chi connectivity index (χ3v) is 3.11. The number of hydrogen-bond acceptors (Lipinski definition) is 2. The van der Waals surface area contributed by atoms with Crippen LogP contribution in [0, 0.1) is 0 Å². The molecule has 0 aliphatic carbocycles. The zero-order valence-corrected chi connectivity index (χ0v) is 10.8. The van der Waals surface area contributed by atoms with Gasteiger partial charge in [0.1, 0.15) is 16.4 Å². The van der Waals surface area contributed by atoms with Crippen molar-refractivity contribution in [3.63, 3.8) is 0 Å². The molecule has 4 nitrogen and oxygen atoms in total. The molecule has 0 amide bonds. The number of aromatic nitrogens is 2. The Balaban J connectivity index is 2.77. The second kappa shape index (κ2) is 4.82. The maximum absolute atomic E-state index is 13.0. The molecule has 0 bridgehead atoms. The van der Waals surface area contributed by atoms with E-state index < -0.39 is 23.3 Å². The van der Waals surface area contributed by atoms with Gasteiger partial charge in [0.2, 0.25) is 0 Å². The number of aromatic carboxylic acids is 1. The summed E-state index contributed by atoms with van der Waals surface area (Å²) < 4.78 is 39.9. The fourth-order valence-corrected chi connectivity index (χ4v) is 2.03. The Hall–Kier alpha value is -2.02. The molecule has 0 fully saturated rings. The highest BCUT2D eigenvalue weighted by molar-refractivity contribution is 6.33. The summed E-state index contributed by atoms with van der Waals surface area (Å²) in [6.45, 7) is 0. The van der Waals surface area contributed by atoms with E-state index in [-0.39, 0.29) is 16.4 Å². The molecule has 8 heteroatoms. The van der Waals surface area contributed by atoms with E-state index in [0.29, 0.717) is 0 Å². The highest BCUT2D eigenvalue weighted by Gasteiger charge is 2.35. The smallest absolute Gasteiger partial charge is 0.417 e. The normalized spacial score (nSPS) is 11.7. The molecule has 0 atom stereocenters. The summed E-state index contributed by atoms with van der Waals surface area (Å²) in [6, 6.07) is 4.62. The lowest BCUT2D eigenvalue weighted by atomic mass is 10.0. The maximum atomic E-state index is 13.0. The molecule has 0 aliphatic heterocycles. The summed E-state index contributed by atoms with van der Waals surface area (Å²) in [5.74, 6) is -1.44. The van der Waals surface area contributed by atoms with Gasteiger partial charge in [0.15, 0.2) is 0 Å². The Morgan fingerprint density at radius 3 is 2.50 bits per heavy atom. The predicted octanol–water partition coefficient (Wildman–Crippen LogP) is 3.46. The van der Waals surface area contributed by atoms with E-state index in [9.17, 15) is 18.0 Å². The number of hydrogen-bond donors (Lipinski definition) is 1. The van der Waals surface area contributed by atoms with Crippen LogP contribution < -0.4 is 0 Å². The molecule has 2 rings (SSSR count). The van der Waals surface area contributed by atoms with Crippen molar-refractivity contribution in [3.8, 4) is 11.3 Å².